The highest BCUT2D eigenvalue weighted by Crippen LogP contribution is 2.26. The summed E-state index contributed by atoms with van der Waals surface area (Å²) in [6, 6.07) is 9.78. The highest BCUT2D eigenvalue weighted by Gasteiger charge is 2.32. The summed E-state index contributed by atoms with van der Waals surface area (Å²) < 4.78 is 25.3. The van der Waals surface area contributed by atoms with Crippen LogP contribution in [0.25, 0.3) is 16.6 Å². The van der Waals surface area contributed by atoms with Gasteiger partial charge in [-0.05, 0) is 31.0 Å². The topological polar surface area (TPSA) is 84.6 Å². The molecule has 0 unspecified atom stereocenters. The molecule has 0 spiro atoms. The van der Waals surface area contributed by atoms with Gasteiger partial charge in [-0.1, -0.05) is 30.0 Å². The Labute approximate surface area is 161 Å². The molecule has 1 saturated heterocycles. The molecule has 0 aliphatic carbocycles. The number of amides is 1. The average Bonchev–Trinajstić information content (AvgIpc) is 3.22. The fraction of sp³-hybridized carbons (Fsp3) is 0.389. The van der Waals surface area contributed by atoms with E-state index in [0.29, 0.717) is 11.6 Å². The fourth-order valence-corrected chi connectivity index (χ4v) is 6.13. The molecule has 9 heteroatoms. The third kappa shape index (κ3) is 3.41. The van der Waals surface area contributed by atoms with Crippen molar-refractivity contribution in [1.29, 1.82) is 0 Å². The van der Waals surface area contributed by atoms with Gasteiger partial charge in [-0.15, -0.1) is 10.2 Å². The van der Waals surface area contributed by atoms with E-state index in [4.69, 9.17) is 0 Å². The molecule has 1 amide bonds. The first-order valence-electron chi connectivity index (χ1n) is 8.68. The Kier molecular flexibility index (Phi) is 4.59. The number of thioether (sulfide) groups is 1. The Balaban J connectivity index is 1.56. The molecule has 1 fully saturated rings. The summed E-state index contributed by atoms with van der Waals surface area (Å²) in [5, 5.41) is 10.3. The Morgan fingerprint density at radius 1 is 1.33 bits per heavy atom. The maximum atomic E-state index is 12.5. The van der Waals surface area contributed by atoms with Gasteiger partial charge in [-0.3, -0.25) is 9.20 Å². The zero-order valence-electron chi connectivity index (χ0n) is 15.1. The van der Waals surface area contributed by atoms with Crippen molar-refractivity contribution in [2.24, 2.45) is 0 Å². The Morgan fingerprint density at radius 3 is 2.85 bits per heavy atom. The van der Waals surface area contributed by atoms with Crippen molar-refractivity contribution in [3.8, 4) is 0 Å². The number of sulfone groups is 1. The number of pyridine rings is 1. The van der Waals surface area contributed by atoms with E-state index >= 15 is 0 Å². The molecular formula is C18H20N4O3S2. The third-order valence-electron chi connectivity index (χ3n) is 5.05. The number of nitrogens with zero attached hydrogens (tertiary/aromatic N) is 4. The number of fused-ring (bicyclic) bond motifs is 3. The number of hydrogen-bond acceptors (Lipinski definition) is 6. The van der Waals surface area contributed by atoms with Crippen LogP contribution in [0.4, 0.5) is 0 Å². The zero-order chi connectivity index (χ0) is 19.2. The van der Waals surface area contributed by atoms with E-state index in [2.05, 4.69) is 16.3 Å². The maximum absolute atomic E-state index is 12.5. The third-order valence-corrected chi connectivity index (χ3v) is 7.71. The quantitative estimate of drug-likeness (QED) is 0.618. The van der Waals surface area contributed by atoms with Crippen molar-refractivity contribution >= 4 is 44.1 Å². The normalized spacial score (nSPS) is 19.0. The molecule has 7 nitrogen and oxygen atoms in total. The minimum atomic E-state index is -3.02. The summed E-state index contributed by atoms with van der Waals surface area (Å²) in [4.78, 5) is 14.1. The molecule has 27 heavy (non-hydrogen) atoms. The van der Waals surface area contributed by atoms with E-state index in [9.17, 15) is 13.2 Å². The fourth-order valence-electron chi connectivity index (χ4n) is 3.48. The van der Waals surface area contributed by atoms with Crippen LogP contribution in [-0.4, -0.2) is 64.2 Å². The predicted octanol–water partition coefficient (Wildman–Crippen LogP) is 1.93. The number of aromatic nitrogens is 3. The maximum Gasteiger partial charge on any atom is 0.233 e. The lowest BCUT2D eigenvalue weighted by Crippen LogP contribution is -2.38. The molecule has 0 radical (unpaired) electrons. The highest BCUT2D eigenvalue weighted by atomic mass is 32.2. The largest absolute Gasteiger partial charge is 0.341 e. The molecule has 3 aromatic rings. The highest BCUT2D eigenvalue weighted by molar-refractivity contribution is 7.99. The van der Waals surface area contributed by atoms with Crippen molar-refractivity contribution < 1.29 is 13.2 Å². The van der Waals surface area contributed by atoms with Crippen LogP contribution in [0, 0.1) is 6.92 Å². The van der Waals surface area contributed by atoms with E-state index in [-0.39, 0.29) is 29.2 Å². The minimum absolute atomic E-state index is 0.0533. The van der Waals surface area contributed by atoms with Crippen LogP contribution < -0.4 is 0 Å². The van der Waals surface area contributed by atoms with Crippen molar-refractivity contribution in [3.05, 3.63) is 35.9 Å². The first-order chi connectivity index (χ1) is 12.9. The molecule has 3 heterocycles. The Morgan fingerprint density at radius 2 is 2.11 bits per heavy atom. The number of benzene rings is 1. The average molecular weight is 405 g/mol. The molecule has 1 atom stereocenters. The molecule has 0 bridgehead atoms. The SMILES string of the molecule is Cc1cc2nnc(SCC(=O)N(C)[C@@H]3CCS(=O)(=O)C3)n2c2ccccc12. The smallest absolute Gasteiger partial charge is 0.233 e. The summed E-state index contributed by atoms with van der Waals surface area (Å²) >= 11 is 1.32. The Hall–Kier alpha value is -2.13. The molecule has 1 aliphatic heterocycles. The summed E-state index contributed by atoms with van der Waals surface area (Å²) in [5.74, 6) is 0.298. The predicted molar refractivity (Wildman–Crippen MR) is 106 cm³/mol. The van der Waals surface area contributed by atoms with E-state index in [1.807, 2.05) is 35.6 Å². The molecule has 0 saturated carbocycles. The van der Waals surface area contributed by atoms with Crippen LogP contribution in [0.3, 0.4) is 0 Å². The summed E-state index contributed by atoms with van der Waals surface area (Å²) in [5.41, 5.74) is 2.87. The van der Waals surface area contributed by atoms with Gasteiger partial charge in [0, 0.05) is 18.5 Å². The van der Waals surface area contributed by atoms with Crippen molar-refractivity contribution in [2.75, 3.05) is 24.3 Å². The second kappa shape index (κ2) is 6.79. The van der Waals surface area contributed by atoms with Crippen molar-refractivity contribution in [1.82, 2.24) is 19.5 Å². The van der Waals surface area contributed by atoms with Gasteiger partial charge in [0.2, 0.25) is 5.91 Å². The summed E-state index contributed by atoms with van der Waals surface area (Å²) in [6.07, 6.45) is 0.507. The molecule has 0 N–H and O–H groups in total. The molecule has 4 rings (SSSR count). The van der Waals surface area contributed by atoms with Gasteiger partial charge < -0.3 is 4.90 Å². The zero-order valence-corrected chi connectivity index (χ0v) is 16.8. The van der Waals surface area contributed by atoms with Crippen LogP contribution in [0.2, 0.25) is 0 Å². The molecule has 1 aromatic carbocycles. The van der Waals surface area contributed by atoms with E-state index in [0.717, 1.165) is 22.1 Å². The van der Waals surface area contributed by atoms with Gasteiger partial charge in [0.05, 0.1) is 22.8 Å². The van der Waals surface area contributed by atoms with E-state index < -0.39 is 9.84 Å². The van der Waals surface area contributed by atoms with Gasteiger partial charge in [-0.25, -0.2) is 8.42 Å². The number of rotatable bonds is 4. The molecule has 142 valence electrons. The lowest BCUT2D eigenvalue weighted by atomic mass is 10.1. The van der Waals surface area contributed by atoms with E-state index in [1.165, 1.54) is 11.8 Å². The Bertz CT molecular complexity index is 1140. The molecule has 1 aliphatic rings. The number of carbonyl (C=O) groups is 1. The van der Waals surface area contributed by atoms with Gasteiger partial charge in [0.1, 0.15) is 0 Å². The van der Waals surface area contributed by atoms with Gasteiger partial charge >= 0.3 is 0 Å². The molecular weight excluding hydrogens is 384 g/mol. The summed E-state index contributed by atoms with van der Waals surface area (Å²) in [6.45, 7) is 2.04. The van der Waals surface area contributed by atoms with Crippen LogP contribution >= 0.6 is 11.8 Å². The monoisotopic (exact) mass is 404 g/mol. The van der Waals surface area contributed by atoms with Gasteiger partial charge in [0.15, 0.2) is 20.6 Å². The van der Waals surface area contributed by atoms with Crippen LogP contribution in [0.15, 0.2) is 35.5 Å². The first kappa shape index (κ1) is 18.2. The standard InChI is InChI=1S/C18H20N4O3S2/c1-12-9-16-19-20-18(22(16)15-6-4-3-5-14(12)15)26-10-17(23)21(2)13-7-8-27(24,25)11-13/h3-6,9,13H,7-8,10-11H2,1-2H3/t13-/m1/s1. The number of hydrogen-bond donors (Lipinski definition) is 0. The second-order valence-electron chi connectivity index (χ2n) is 6.87. The van der Waals surface area contributed by atoms with Crippen LogP contribution in [0.5, 0.6) is 0 Å². The summed E-state index contributed by atoms with van der Waals surface area (Å²) in [7, 11) is -1.34. The van der Waals surface area contributed by atoms with Crippen LogP contribution in [-0.2, 0) is 14.6 Å². The number of carbonyl (C=O) groups excluding carboxylic acids is 1. The first-order valence-corrected chi connectivity index (χ1v) is 11.5. The molecule has 2 aromatic heterocycles. The number of aryl methyl sites for hydroxylation is 1. The number of para-hydroxylation sites is 1. The van der Waals surface area contributed by atoms with Gasteiger partial charge in [-0.2, -0.15) is 0 Å². The lowest BCUT2D eigenvalue weighted by molar-refractivity contribution is -0.128. The minimum Gasteiger partial charge on any atom is -0.341 e. The van der Waals surface area contributed by atoms with Crippen molar-refractivity contribution in [2.45, 2.75) is 24.5 Å². The van der Waals surface area contributed by atoms with E-state index in [1.54, 1.807) is 11.9 Å². The van der Waals surface area contributed by atoms with Crippen LogP contribution in [0.1, 0.15) is 12.0 Å². The van der Waals surface area contributed by atoms with Gasteiger partial charge in [0.25, 0.3) is 0 Å². The van der Waals surface area contributed by atoms with Crippen molar-refractivity contribution in [3.63, 3.8) is 0 Å². The second-order valence-corrected chi connectivity index (χ2v) is 10.0. The lowest BCUT2D eigenvalue weighted by Gasteiger charge is -2.23.